The minimum absolute atomic E-state index is 0.0965. The van der Waals surface area contributed by atoms with Gasteiger partial charge >= 0.3 is 0 Å². The number of carbonyl (C=O) groups excluding carboxylic acids is 2. The second-order valence-electron chi connectivity index (χ2n) is 5.31. The van der Waals surface area contributed by atoms with Crippen LogP contribution in [0, 0.1) is 12.7 Å². The van der Waals surface area contributed by atoms with Gasteiger partial charge in [0.25, 0.3) is 0 Å². The van der Waals surface area contributed by atoms with E-state index in [4.69, 9.17) is 0 Å². The van der Waals surface area contributed by atoms with Crippen LogP contribution in [-0.4, -0.2) is 18.4 Å². The molecule has 0 aliphatic carbocycles. The molecule has 2 amide bonds. The van der Waals surface area contributed by atoms with Crippen molar-refractivity contribution in [2.45, 2.75) is 19.9 Å². The summed E-state index contributed by atoms with van der Waals surface area (Å²) in [4.78, 5) is 23.5. The predicted octanol–water partition coefficient (Wildman–Crippen LogP) is 2.11. The van der Waals surface area contributed by atoms with E-state index in [9.17, 15) is 14.0 Å². The summed E-state index contributed by atoms with van der Waals surface area (Å²) >= 11 is 0. The molecule has 0 radical (unpaired) electrons. The van der Waals surface area contributed by atoms with Gasteiger partial charge in [0.05, 0.1) is 13.0 Å². The molecular formula is C18H19FN2O2. The molecule has 0 aromatic heterocycles. The molecule has 0 heterocycles. The first kappa shape index (κ1) is 16.7. The van der Waals surface area contributed by atoms with Crippen molar-refractivity contribution >= 4 is 11.8 Å². The second-order valence-corrected chi connectivity index (χ2v) is 5.31. The van der Waals surface area contributed by atoms with Crippen LogP contribution in [-0.2, 0) is 22.6 Å². The summed E-state index contributed by atoms with van der Waals surface area (Å²) < 4.78 is 13.4. The summed E-state index contributed by atoms with van der Waals surface area (Å²) in [7, 11) is 0. The number of hydrogen-bond acceptors (Lipinski definition) is 2. The maximum atomic E-state index is 13.4. The van der Waals surface area contributed by atoms with Crippen LogP contribution in [0.25, 0.3) is 0 Å². The first-order chi connectivity index (χ1) is 11.0. The maximum Gasteiger partial charge on any atom is 0.239 e. The van der Waals surface area contributed by atoms with Crippen molar-refractivity contribution in [2.24, 2.45) is 0 Å². The summed E-state index contributed by atoms with van der Waals surface area (Å²) in [5.41, 5.74) is 2.39. The number of rotatable bonds is 6. The fraction of sp³-hybridized carbons (Fsp3) is 0.222. The standard InChI is InChI=1S/C18H19FN2O2/c1-13-5-4-6-14(9-13)10-17(22)21-12-18(23)20-11-15-7-2-3-8-16(15)19/h2-9H,10-12H2,1H3,(H,20,23)(H,21,22). The van der Waals surface area contributed by atoms with E-state index in [2.05, 4.69) is 10.6 Å². The highest BCUT2D eigenvalue weighted by atomic mass is 19.1. The lowest BCUT2D eigenvalue weighted by molar-refractivity contribution is -0.125. The monoisotopic (exact) mass is 314 g/mol. The Morgan fingerprint density at radius 2 is 1.78 bits per heavy atom. The normalized spacial score (nSPS) is 10.2. The fourth-order valence-corrected chi connectivity index (χ4v) is 2.15. The zero-order chi connectivity index (χ0) is 16.7. The molecule has 0 fully saturated rings. The Bertz CT molecular complexity index is 701. The van der Waals surface area contributed by atoms with Gasteiger partial charge in [-0.05, 0) is 18.6 Å². The summed E-state index contributed by atoms with van der Waals surface area (Å²) in [5, 5.41) is 5.13. The molecule has 120 valence electrons. The smallest absolute Gasteiger partial charge is 0.239 e. The second kappa shape index (κ2) is 8.08. The quantitative estimate of drug-likeness (QED) is 0.858. The molecule has 0 bridgehead atoms. The van der Waals surface area contributed by atoms with Gasteiger partial charge in [-0.3, -0.25) is 9.59 Å². The third-order valence-corrected chi connectivity index (χ3v) is 3.33. The average Bonchev–Trinajstić information content (AvgIpc) is 2.52. The van der Waals surface area contributed by atoms with E-state index in [0.29, 0.717) is 5.56 Å². The van der Waals surface area contributed by atoms with Crippen LogP contribution in [0.2, 0.25) is 0 Å². The number of aryl methyl sites for hydroxylation is 1. The summed E-state index contributed by atoms with van der Waals surface area (Å²) in [6.07, 6.45) is 0.224. The van der Waals surface area contributed by atoms with Gasteiger partial charge in [-0.1, -0.05) is 48.0 Å². The van der Waals surface area contributed by atoms with Crippen LogP contribution in [0.4, 0.5) is 4.39 Å². The topological polar surface area (TPSA) is 58.2 Å². The number of halogens is 1. The molecule has 4 nitrogen and oxygen atoms in total. The SMILES string of the molecule is Cc1cccc(CC(=O)NCC(=O)NCc2ccccc2F)c1. The first-order valence-electron chi connectivity index (χ1n) is 7.37. The van der Waals surface area contributed by atoms with Gasteiger partial charge in [-0.2, -0.15) is 0 Å². The predicted molar refractivity (Wildman–Crippen MR) is 86.1 cm³/mol. The third-order valence-electron chi connectivity index (χ3n) is 3.33. The summed E-state index contributed by atoms with van der Waals surface area (Å²) in [6.45, 7) is 1.93. The van der Waals surface area contributed by atoms with Gasteiger partial charge in [0.15, 0.2) is 0 Å². The molecule has 2 aromatic carbocycles. The van der Waals surface area contributed by atoms with E-state index >= 15 is 0 Å². The number of nitrogens with one attached hydrogen (secondary N) is 2. The molecule has 5 heteroatoms. The molecule has 0 aliphatic heterocycles. The van der Waals surface area contributed by atoms with Crippen molar-refractivity contribution in [1.82, 2.24) is 10.6 Å². The Labute approximate surface area is 134 Å². The number of amides is 2. The van der Waals surface area contributed by atoms with Crippen LogP contribution in [0.5, 0.6) is 0 Å². The summed E-state index contributed by atoms with van der Waals surface area (Å²) in [6, 6.07) is 13.9. The van der Waals surface area contributed by atoms with Crippen molar-refractivity contribution in [3.8, 4) is 0 Å². The van der Waals surface area contributed by atoms with Gasteiger partial charge in [-0.25, -0.2) is 4.39 Å². The Kier molecular flexibility index (Phi) is 5.86. The largest absolute Gasteiger partial charge is 0.350 e. The minimum Gasteiger partial charge on any atom is -0.350 e. The van der Waals surface area contributed by atoms with Gasteiger partial charge < -0.3 is 10.6 Å². The van der Waals surface area contributed by atoms with Crippen LogP contribution < -0.4 is 10.6 Å². The van der Waals surface area contributed by atoms with Gasteiger partial charge in [0.1, 0.15) is 5.82 Å². The van der Waals surface area contributed by atoms with Crippen molar-refractivity contribution in [3.05, 3.63) is 71.0 Å². The van der Waals surface area contributed by atoms with E-state index < -0.39 is 0 Å². The molecule has 0 aliphatic rings. The molecule has 0 unspecified atom stereocenters. The first-order valence-corrected chi connectivity index (χ1v) is 7.37. The number of hydrogen-bond donors (Lipinski definition) is 2. The molecule has 2 N–H and O–H groups in total. The zero-order valence-corrected chi connectivity index (χ0v) is 12.9. The van der Waals surface area contributed by atoms with Gasteiger partial charge in [0.2, 0.25) is 11.8 Å². The highest BCUT2D eigenvalue weighted by molar-refractivity contribution is 5.85. The molecule has 2 aromatic rings. The highest BCUT2D eigenvalue weighted by Gasteiger charge is 2.07. The number of benzene rings is 2. The molecule has 0 saturated carbocycles. The molecular weight excluding hydrogens is 295 g/mol. The van der Waals surface area contributed by atoms with Crippen molar-refractivity contribution in [2.75, 3.05) is 6.54 Å². The van der Waals surface area contributed by atoms with E-state index in [1.165, 1.54) is 6.07 Å². The van der Waals surface area contributed by atoms with Crippen LogP contribution in [0.15, 0.2) is 48.5 Å². The Morgan fingerprint density at radius 1 is 1.00 bits per heavy atom. The Balaban J connectivity index is 1.74. The zero-order valence-electron chi connectivity index (χ0n) is 12.9. The molecule has 0 spiro atoms. The van der Waals surface area contributed by atoms with E-state index in [0.717, 1.165) is 11.1 Å². The van der Waals surface area contributed by atoms with Crippen LogP contribution >= 0.6 is 0 Å². The van der Waals surface area contributed by atoms with Crippen LogP contribution in [0.1, 0.15) is 16.7 Å². The van der Waals surface area contributed by atoms with E-state index in [1.807, 2.05) is 31.2 Å². The Hall–Kier alpha value is -2.69. The fourth-order valence-electron chi connectivity index (χ4n) is 2.15. The van der Waals surface area contributed by atoms with E-state index in [1.54, 1.807) is 18.2 Å². The van der Waals surface area contributed by atoms with E-state index in [-0.39, 0.29) is 37.1 Å². The number of carbonyl (C=O) groups is 2. The average molecular weight is 314 g/mol. The lowest BCUT2D eigenvalue weighted by Gasteiger charge is -2.08. The molecule has 0 atom stereocenters. The van der Waals surface area contributed by atoms with Crippen molar-refractivity contribution < 1.29 is 14.0 Å². The highest BCUT2D eigenvalue weighted by Crippen LogP contribution is 2.05. The molecule has 23 heavy (non-hydrogen) atoms. The Morgan fingerprint density at radius 3 is 2.52 bits per heavy atom. The molecule has 2 rings (SSSR count). The minimum atomic E-state index is -0.365. The van der Waals surface area contributed by atoms with Gasteiger partial charge in [-0.15, -0.1) is 0 Å². The third kappa shape index (κ3) is 5.54. The van der Waals surface area contributed by atoms with Crippen molar-refractivity contribution in [1.29, 1.82) is 0 Å². The summed E-state index contributed by atoms with van der Waals surface area (Å²) in [5.74, 6) is -0.946. The lowest BCUT2D eigenvalue weighted by atomic mass is 10.1. The van der Waals surface area contributed by atoms with Crippen LogP contribution in [0.3, 0.4) is 0 Å². The van der Waals surface area contributed by atoms with Gasteiger partial charge in [0, 0.05) is 12.1 Å². The molecule has 0 saturated heterocycles. The lowest BCUT2D eigenvalue weighted by Crippen LogP contribution is -2.37. The van der Waals surface area contributed by atoms with Crippen molar-refractivity contribution in [3.63, 3.8) is 0 Å². The maximum absolute atomic E-state index is 13.4.